The Kier molecular flexibility index (Phi) is 5.24. The molecule has 2 heterocycles. The topological polar surface area (TPSA) is 98.9 Å². The molecule has 0 aliphatic carbocycles. The molecule has 0 saturated heterocycles. The Morgan fingerprint density at radius 3 is 2.59 bits per heavy atom. The van der Waals surface area contributed by atoms with Crippen molar-refractivity contribution in [3.63, 3.8) is 0 Å². The van der Waals surface area contributed by atoms with Gasteiger partial charge in [0.1, 0.15) is 5.69 Å². The number of hydrogen-bond acceptors (Lipinski definition) is 5. The summed E-state index contributed by atoms with van der Waals surface area (Å²) in [7, 11) is -2.05. The quantitative estimate of drug-likeness (QED) is 0.686. The average Bonchev–Trinajstić information content (AvgIpc) is 2.90. The number of pyridine rings is 1. The first-order valence-electron chi connectivity index (χ1n) is 8.42. The first-order valence-corrected chi connectivity index (χ1v) is 9.90. The molecule has 0 amide bonds. The van der Waals surface area contributed by atoms with E-state index in [-0.39, 0.29) is 23.7 Å². The van der Waals surface area contributed by atoms with E-state index in [9.17, 15) is 13.2 Å². The highest BCUT2D eigenvalue weighted by Crippen LogP contribution is 2.16. The Morgan fingerprint density at radius 1 is 1.15 bits per heavy atom. The van der Waals surface area contributed by atoms with Gasteiger partial charge in [0.2, 0.25) is 10.0 Å². The molecule has 0 radical (unpaired) electrons. The van der Waals surface area contributed by atoms with E-state index in [4.69, 9.17) is 0 Å². The number of nitrogens with one attached hydrogen (secondary N) is 1. The van der Waals surface area contributed by atoms with Crippen molar-refractivity contribution in [3.8, 4) is 11.5 Å². The molecule has 3 aromatic rings. The summed E-state index contributed by atoms with van der Waals surface area (Å²) in [5, 5.41) is 4.27. The first kappa shape index (κ1) is 19.0. The Bertz CT molecular complexity index is 1120. The molecule has 9 heteroatoms. The van der Waals surface area contributed by atoms with Crippen LogP contribution in [0.2, 0.25) is 0 Å². The summed E-state index contributed by atoms with van der Waals surface area (Å²) in [6.45, 7) is 3.82. The number of hydrogen-bond donors (Lipinski definition) is 1. The van der Waals surface area contributed by atoms with Gasteiger partial charge in [0.05, 0.1) is 11.4 Å². The molecule has 0 unspecified atom stereocenters. The predicted molar refractivity (Wildman–Crippen MR) is 102 cm³/mol. The van der Waals surface area contributed by atoms with Crippen LogP contribution in [0.3, 0.4) is 0 Å². The molecule has 142 valence electrons. The highest BCUT2D eigenvalue weighted by Gasteiger charge is 2.17. The molecule has 0 saturated carbocycles. The summed E-state index contributed by atoms with van der Waals surface area (Å²) in [5.41, 5.74) is 1.91. The van der Waals surface area contributed by atoms with Crippen molar-refractivity contribution in [2.75, 3.05) is 6.54 Å². The van der Waals surface area contributed by atoms with Gasteiger partial charge in [0.15, 0.2) is 5.82 Å². The van der Waals surface area contributed by atoms with Gasteiger partial charge in [0, 0.05) is 19.8 Å². The van der Waals surface area contributed by atoms with Crippen LogP contribution >= 0.6 is 0 Å². The Balaban J connectivity index is 1.75. The number of aryl methyl sites for hydroxylation is 2. The third-order valence-corrected chi connectivity index (χ3v) is 5.79. The van der Waals surface area contributed by atoms with E-state index < -0.39 is 10.0 Å². The lowest BCUT2D eigenvalue weighted by Crippen LogP contribution is -2.32. The van der Waals surface area contributed by atoms with Crippen LogP contribution in [0.5, 0.6) is 0 Å². The summed E-state index contributed by atoms with van der Waals surface area (Å²) < 4.78 is 30.1. The summed E-state index contributed by atoms with van der Waals surface area (Å²) in [6, 6.07) is 10.5. The van der Waals surface area contributed by atoms with Gasteiger partial charge in [-0.25, -0.2) is 22.6 Å². The lowest BCUT2D eigenvalue weighted by atomic mass is 10.2. The molecule has 0 aliphatic rings. The fourth-order valence-electron chi connectivity index (χ4n) is 2.82. The molecule has 8 nitrogen and oxygen atoms in total. The highest BCUT2D eigenvalue weighted by atomic mass is 32.2. The normalized spacial score (nSPS) is 11.7. The van der Waals surface area contributed by atoms with E-state index in [1.807, 2.05) is 19.1 Å². The van der Waals surface area contributed by atoms with E-state index >= 15 is 0 Å². The maximum absolute atomic E-state index is 12.5. The Hall–Kier alpha value is -2.78. The molecule has 27 heavy (non-hydrogen) atoms. The zero-order valence-electron chi connectivity index (χ0n) is 15.4. The largest absolute Gasteiger partial charge is 0.346 e. The van der Waals surface area contributed by atoms with Gasteiger partial charge in [-0.3, -0.25) is 9.55 Å². The van der Waals surface area contributed by atoms with Crippen LogP contribution < -0.4 is 10.4 Å². The second kappa shape index (κ2) is 7.45. The second-order valence-electron chi connectivity index (χ2n) is 6.27. The van der Waals surface area contributed by atoms with Crippen molar-refractivity contribution in [1.29, 1.82) is 0 Å². The van der Waals surface area contributed by atoms with Crippen molar-refractivity contribution in [1.82, 2.24) is 24.1 Å². The van der Waals surface area contributed by atoms with Gasteiger partial charge in [-0.15, -0.1) is 5.10 Å². The summed E-state index contributed by atoms with van der Waals surface area (Å²) >= 11 is 0. The standard InChI is InChI=1S/C18H21N5O3S/c1-13-7-8-16(14(2)12-13)27(25,26)20-10-11-23-18(24)22(3)17(21-23)15-6-4-5-9-19-15/h4-9,12,20H,10-11H2,1-3H3. The molecule has 1 N–H and O–H groups in total. The van der Waals surface area contributed by atoms with E-state index in [1.165, 1.54) is 9.25 Å². The fraction of sp³-hybridized carbons (Fsp3) is 0.278. The van der Waals surface area contributed by atoms with Crippen LogP contribution in [-0.2, 0) is 23.6 Å². The van der Waals surface area contributed by atoms with Crippen molar-refractivity contribution >= 4 is 10.0 Å². The molecule has 0 bridgehead atoms. The summed E-state index contributed by atoms with van der Waals surface area (Å²) in [6.07, 6.45) is 1.62. The Morgan fingerprint density at radius 2 is 1.93 bits per heavy atom. The van der Waals surface area contributed by atoms with E-state index in [0.29, 0.717) is 17.1 Å². The van der Waals surface area contributed by atoms with Gasteiger partial charge in [-0.2, -0.15) is 0 Å². The van der Waals surface area contributed by atoms with E-state index in [2.05, 4.69) is 14.8 Å². The zero-order valence-corrected chi connectivity index (χ0v) is 16.2. The predicted octanol–water partition coefficient (Wildman–Crippen LogP) is 1.24. The van der Waals surface area contributed by atoms with Crippen LogP contribution in [0.15, 0.2) is 52.3 Å². The van der Waals surface area contributed by atoms with Crippen molar-refractivity contribution in [2.24, 2.45) is 7.05 Å². The highest BCUT2D eigenvalue weighted by molar-refractivity contribution is 7.89. The maximum Gasteiger partial charge on any atom is 0.346 e. The molecule has 0 fully saturated rings. The molecular weight excluding hydrogens is 366 g/mol. The molecule has 0 aliphatic heterocycles. The van der Waals surface area contributed by atoms with Crippen molar-refractivity contribution in [3.05, 3.63) is 64.2 Å². The molecule has 1 aromatic carbocycles. The average molecular weight is 387 g/mol. The van der Waals surface area contributed by atoms with Crippen LogP contribution in [0.1, 0.15) is 11.1 Å². The van der Waals surface area contributed by atoms with Crippen LogP contribution in [0.4, 0.5) is 0 Å². The number of benzene rings is 1. The minimum Gasteiger partial charge on any atom is -0.277 e. The minimum atomic E-state index is -3.66. The van der Waals surface area contributed by atoms with Gasteiger partial charge in [-0.1, -0.05) is 23.8 Å². The molecular formula is C18H21N5O3S. The van der Waals surface area contributed by atoms with Crippen molar-refractivity contribution < 1.29 is 8.42 Å². The lowest BCUT2D eigenvalue weighted by molar-refractivity contribution is 0.550. The van der Waals surface area contributed by atoms with E-state index in [1.54, 1.807) is 44.4 Å². The third kappa shape index (κ3) is 3.99. The van der Waals surface area contributed by atoms with Crippen LogP contribution in [0, 0.1) is 13.8 Å². The molecule has 3 rings (SSSR count). The molecule has 0 spiro atoms. The Labute approximate surface area is 157 Å². The van der Waals surface area contributed by atoms with Gasteiger partial charge < -0.3 is 0 Å². The maximum atomic E-state index is 12.5. The van der Waals surface area contributed by atoms with Crippen LogP contribution in [0.25, 0.3) is 11.5 Å². The monoisotopic (exact) mass is 387 g/mol. The number of sulfonamides is 1. The molecule has 0 atom stereocenters. The van der Waals surface area contributed by atoms with Crippen LogP contribution in [-0.4, -0.2) is 34.3 Å². The second-order valence-corrected chi connectivity index (χ2v) is 8.01. The summed E-state index contributed by atoms with van der Waals surface area (Å²) in [5.74, 6) is 0.429. The first-order chi connectivity index (χ1) is 12.8. The van der Waals surface area contributed by atoms with Gasteiger partial charge in [-0.05, 0) is 37.6 Å². The summed E-state index contributed by atoms with van der Waals surface area (Å²) in [4.78, 5) is 16.8. The van der Waals surface area contributed by atoms with Crippen molar-refractivity contribution in [2.45, 2.75) is 25.3 Å². The third-order valence-electron chi connectivity index (χ3n) is 4.17. The van der Waals surface area contributed by atoms with E-state index in [0.717, 1.165) is 5.56 Å². The number of aromatic nitrogens is 4. The fourth-order valence-corrected chi connectivity index (χ4v) is 4.06. The smallest absolute Gasteiger partial charge is 0.277 e. The lowest BCUT2D eigenvalue weighted by Gasteiger charge is -2.09. The minimum absolute atomic E-state index is 0.0498. The number of nitrogens with zero attached hydrogens (tertiary/aromatic N) is 4. The zero-order chi connectivity index (χ0) is 19.6. The number of rotatable bonds is 6. The molecule has 2 aromatic heterocycles. The van der Waals surface area contributed by atoms with Gasteiger partial charge in [0.25, 0.3) is 0 Å². The SMILES string of the molecule is Cc1ccc(S(=O)(=O)NCCn2nc(-c3ccccn3)n(C)c2=O)c(C)c1. The van der Waals surface area contributed by atoms with Gasteiger partial charge >= 0.3 is 5.69 Å².